The molecular weight excluding hydrogens is 336 g/mol. The fourth-order valence-corrected chi connectivity index (χ4v) is 2.89. The molecule has 0 aliphatic carbocycles. The van der Waals surface area contributed by atoms with Gasteiger partial charge in [-0.2, -0.15) is 0 Å². The zero-order chi connectivity index (χ0) is 13.9. The number of hydrogen-bond acceptors (Lipinski definition) is 4. The number of nitrogens with one attached hydrogen (secondary N) is 1. The van der Waals surface area contributed by atoms with Gasteiger partial charge in [-0.3, -0.25) is 0 Å². The van der Waals surface area contributed by atoms with Crippen molar-refractivity contribution in [2.75, 3.05) is 5.32 Å². The van der Waals surface area contributed by atoms with E-state index in [2.05, 4.69) is 26.2 Å². The molecule has 0 aliphatic rings. The summed E-state index contributed by atoms with van der Waals surface area (Å²) in [7, 11) is 0. The normalized spacial score (nSPS) is 10.4. The van der Waals surface area contributed by atoms with Crippen LogP contribution < -0.4 is 5.32 Å². The highest BCUT2D eigenvalue weighted by Crippen LogP contribution is 2.30. The predicted molar refractivity (Wildman–Crippen MR) is 86.6 cm³/mol. The van der Waals surface area contributed by atoms with Gasteiger partial charge in [0.05, 0.1) is 11.4 Å². The summed E-state index contributed by atoms with van der Waals surface area (Å²) < 4.78 is 1.00. The van der Waals surface area contributed by atoms with Crippen molar-refractivity contribution >= 4 is 38.1 Å². The van der Waals surface area contributed by atoms with Crippen molar-refractivity contribution in [3.05, 3.63) is 58.4 Å². The van der Waals surface area contributed by atoms with E-state index in [0.29, 0.717) is 0 Å². The first-order chi connectivity index (χ1) is 9.72. The molecule has 3 rings (SSSR count). The first-order valence-corrected chi connectivity index (χ1v) is 7.66. The molecule has 0 unspecified atom stereocenters. The Balaban J connectivity index is 1.84. The second-order valence-corrected chi connectivity index (χ2v) is 5.90. The third-order valence-electron chi connectivity index (χ3n) is 2.78. The number of benzene rings is 2. The quantitative estimate of drug-likeness (QED) is 0.699. The molecule has 100 valence electrons. The second-order valence-electron chi connectivity index (χ2n) is 4.19. The van der Waals surface area contributed by atoms with Gasteiger partial charge in [-0.25, -0.2) is 4.98 Å². The smallest absolute Gasteiger partial charge is 0.187 e. The molecule has 0 amide bonds. The Kier molecular flexibility index (Phi) is 3.71. The maximum Gasteiger partial charge on any atom is 0.187 e. The van der Waals surface area contributed by atoms with E-state index in [9.17, 15) is 5.11 Å². The topological polar surface area (TPSA) is 45.1 Å². The number of nitrogens with zero attached hydrogens (tertiary/aromatic N) is 1. The Morgan fingerprint density at radius 3 is 2.55 bits per heavy atom. The minimum atomic E-state index is 0.260. The number of hydrogen-bond donors (Lipinski definition) is 2. The van der Waals surface area contributed by atoms with Crippen LogP contribution >= 0.6 is 27.3 Å². The number of thiazole rings is 1. The standard InChI is InChI=1S/C15H11BrN2OS/c16-12-3-1-2-4-13(12)17-15-18-14(9-20-15)10-5-7-11(19)8-6-10/h1-9,19H,(H,17,18). The Hall–Kier alpha value is -1.85. The summed E-state index contributed by atoms with van der Waals surface area (Å²) >= 11 is 5.05. The van der Waals surface area contributed by atoms with E-state index in [1.54, 1.807) is 23.5 Å². The fraction of sp³-hybridized carbons (Fsp3) is 0. The van der Waals surface area contributed by atoms with Crippen LogP contribution in [-0.4, -0.2) is 10.1 Å². The van der Waals surface area contributed by atoms with Crippen LogP contribution in [0.15, 0.2) is 58.4 Å². The van der Waals surface area contributed by atoms with Crippen molar-refractivity contribution in [1.29, 1.82) is 0 Å². The first kappa shape index (κ1) is 13.1. The molecule has 0 radical (unpaired) electrons. The van der Waals surface area contributed by atoms with Gasteiger partial charge in [0.25, 0.3) is 0 Å². The number of para-hydroxylation sites is 1. The lowest BCUT2D eigenvalue weighted by Crippen LogP contribution is -1.90. The molecule has 5 heteroatoms. The van der Waals surface area contributed by atoms with Crippen LogP contribution in [-0.2, 0) is 0 Å². The summed E-state index contributed by atoms with van der Waals surface area (Å²) in [6.07, 6.45) is 0. The lowest BCUT2D eigenvalue weighted by Gasteiger charge is -2.04. The van der Waals surface area contributed by atoms with Crippen LogP contribution in [0.2, 0.25) is 0 Å². The van der Waals surface area contributed by atoms with Gasteiger partial charge in [0, 0.05) is 15.4 Å². The number of aromatic nitrogens is 1. The van der Waals surface area contributed by atoms with Crippen LogP contribution in [0, 0.1) is 0 Å². The summed E-state index contributed by atoms with van der Waals surface area (Å²) in [6, 6.07) is 15.0. The lowest BCUT2D eigenvalue weighted by atomic mass is 10.2. The van der Waals surface area contributed by atoms with Crippen molar-refractivity contribution in [3.8, 4) is 17.0 Å². The molecule has 2 aromatic carbocycles. The van der Waals surface area contributed by atoms with Crippen LogP contribution in [0.5, 0.6) is 5.75 Å². The van der Waals surface area contributed by atoms with Gasteiger partial charge in [-0.1, -0.05) is 12.1 Å². The van der Waals surface area contributed by atoms with E-state index in [4.69, 9.17) is 0 Å². The van der Waals surface area contributed by atoms with E-state index < -0.39 is 0 Å². The highest BCUT2D eigenvalue weighted by molar-refractivity contribution is 9.10. The van der Waals surface area contributed by atoms with E-state index in [1.807, 2.05) is 41.8 Å². The molecule has 0 spiro atoms. The van der Waals surface area contributed by atoms with Crippen molar-refractivity contribution in [3.63, 3.8) is 0 Å². The molecule has 3 aromatic rings. The van der Waals surface area contributed by atoms with Gasteiger partial charge in [0.15, 0.2) is 5.13 Å². The second kappa shape index (κ2) is 5.64. The third-order valence-corrected chi connectivity index (χ3v) is 4.23. The molecule has 1 heterocycles. The lowest BCUT2D eigenvalue weighted by molar-refractivity contribution is 0.475. The van der Waals surface area contributed by atoms with Crippen LogP contribution in [0.25, 0.3) is 11.3 Å². The largest absolute Gasteiger partial charge is 0.508 e. The fourth-order valence-electron chi connectivity index (χ4n) is 1.77. The van der Waals surface area contributed by atoms with Crippen molar-refractivity contribution in [1.82, 2.24) is 4.98 Å². The van der Waals surface area contributed by atoms with E-state index in [-0.39, 0.29) is 5.75 Å². The number of halogens is 1. The zero-order valence-corrected chi connectivity index (χ0v) is 12.8. The number of rotatable bonds is 3. The minimum absolute atomic E-state index is 0.260. The molecule has 0 saturated carbocycles. The summed E-state index contributed by atoms with van der Waals surface area (Å²) in [5.41, 5.74) is 2.86. The van der Waals surface area contributed by atoms with E-state index >= 15 is 0 Å². The monoisotopic (exact) mass is 346 g/mol. The van der Waals surface area contributed by atoms with Crippen molar-refractivity contribution in [2.45, 2.75) is 0 Å². The summed E-state index contributed by atoms with van der Waals surface area (Å²) in [4.78, 5) is 4.55. The molecule has 0 aliphatic heterocycles. The molecule has 0 bridgehead atoms. The minimum Gasteiger partial charge on any atom is -0.508 e. The Labute approximate surface area is 129 Å². The number of phenolic OH excluding ortho intramolecular Hbond substituents is 1. The summed E-state index contributed by atoms with van der Waals surface area (Å²) in [5, 5.41) is 15.4. The third kappa shape index (κ3) is 2.84. The van der Waals surface area contributed by atoms with Crippen LogP contribution in [0.3, 0.4) is 0 Å². The average molecular weight is 347 g/mol. The van der Waals surface area contributed by atoms with Gasteiger partial charge in [0.1, 0.15) is 5.75 Å². The highest BCUT2D eigenvalue weighted by atomic mass is 79.9. The van der Waals surface area contributed by atoms with Gasteiger partial charge in [0.2, 0.25) is 0 Å². The van der Waals surface area contributed by atoms with E-state index in [1.165, 1.54) is 0 Å². The number of aromatic hydroxyl groups is 1. The maximum atomic E-state index is 9.30. The summed E-state index contributed by atoms with van der Waals surface area (Å²) in [6.45, 7) is 0. The molecule has 0 fully saturated rings. The Morgan fingerprint density at radius 2 is 1.80 bits per heavy atom. The predicted octanol–water partition coefficient (Wildman–Crippen LogP) is 5.02. The first-order valence-electron chi connectivity index (χ1n) is 5.99. The van der Waals surface area contributed by atoms with Gasteiger partial charge in [-0.15, -0.1) is 11.3 Å². The van der Waals surface area contributed by atoms with E-state index in [0.717, 1.165) is 26.5 Å². The highest BCUT2D eigenvalue weighted by Gasteiger charge is 2.06. The number of phenols is 1. The SMILES string of the molecule is Oc1ccc(-c2csc(Nc3ccccc3Br)n2)cc1. The van der Waals surface area contributed by atoms with Crippen LogP contribution in [0.1, 0.15) is 0 Å². The average Bonchev–Trinajstić information content (AvgIpc) is 2.91. The molecule has 1 aromatic heterocycles. The molecule has 0 saturated heterocycles. The van der Waals surface area contributed by atoms with Gasteiger partial charge < -0.3 is 10.4 Å². The number of anilines is 2. The van der Waals surface area contributed by atoms with Gasteiger partial charge in [-0.05, 0) is 52.3 Å². The molecule has 3 nitrogen and oxygen atoms in total. The van der Waals surface area contributed by atoms with Gasteiger partial charge >= 0.3 is 0 Å². The zero-order valence-electron chi connectivity index (χ0n) is 10.4. The van der Waals surface area contributed by atoms with Crippen molar-refractivity contribution < 1.29 is 5.11 Å². The van der Waals surface area contributed by atoms with Crippen molar-refractivity contribution in [2.24, 2.45) is 0 Å². The maximum absolute atomic E-state index is 9.30. The molecule has 2 N–H and O–H groups in total. The molecule has 0 atom stereocenters. The Morgan fingerprint density at radius 1 is 1.05 bits per heavy atom. The van der Waals surface area contributed by atoms with Crippen LogP contribution in [0.4, 0.5) is 10.8 Å². The Bertz CT molecular complexity index is 725. The molecular formula is C15H11BrN2OS. The molecule has 20 heavy (non-hydrogen) atoms. The summed E-state index contributed by atoms with van der Waals surface area (Å²) in [5.74, 6) is 0.260.